The lowest BCUT2D eigenvalue weighted by atomic mass is 9.80. The maximum absolute atomic E-state index is 12.9. The van der Waals surface area contributed by atoms with Crippen LogP contribution in [0.1, 0.15) is 96.6 Å². The maximum atomic E-state index is 12.9. The molecule has 28 heavy (non-hydrogen) atoms. The molecule has 0 radical (unpaired) electrons. The number of aromatic amines is 1. The third kappa shape index (κ3) is 3.91. The minimum Gasteiger partial charge on any atom is -0.458 e. The molecule has 0 unspecified atom stereocenters. The Morgan fingerprint density at radius 1 is 1.21 bits per heavy atom. The molecule has 1 N–H and O–H groups in total. The Bertz CT molecular complexity index is 884. The third-order valence-electron chi connectivity index (χ3n) is 5.82. The molecular weight excluding hydrogens is 350 g/mol. The predicted octanol–water partition coefficient (Wildman–Crippen LogP) is 5.49. The fourth-order valence-corrected chi connectivity index (χ4v) is 3.85. The standard InChI is InChI=1S/C24H31NO3/c1-7-14(2)28-23(27)22-15(3)21-19(25-22)12-17(13-20(21)26)16-8-10-18(11-9-16)24(4,5)6/h8-11,14,17,25H,7,12-13H2,1-6H3/t14-,17+/m0/s1. The van der Waals surface area contributed by atoms with E-state index in [4.69, 9.17) is 4.74 Å². The summed E-state index contributed by atoms with van der Waals surface area (Å²) in [7, 11) is 0. The first-order valence-electron chi connectivity index (χ1n) is 10.2. The first kappa shape index (κ1) is 20.4. The Morgan fingerprint density at radius 3 is 2.43 bits per heavy atom. The Kier molecular flexibility index (Phi) is 5.51. The quantitative estimate of drug-likeness (QED) is 0.713. The molecule has 1 aliphatic carbocycles. The van der Waals surface area contributed by atoms with Crippen LogP contribution < -0.4 is 0 Å². The number of carbonyl (C=O) groups excluding carboxylic acids is 2. The lowest BCUT2D eigenvalue weighted by molar-refractivity contribution is 0.0327. The normalized spacial score (nSPS) is 17.9. The van der Waals surface area contributed by atoms with Gasteiger partial charge in [0.1, 0.15) is 5.69 Å². The van der Waals surface area contributed by atoms with Crippen molar-refractivity contribution in [2.24, 2.45) is 0 Å². The molecule has 0 saturated carbocycles. The van der Waals surface area contributed by atoms with Gasteiger partial charge in [-0.25, -0.2) is 4.79 Å². The van der Waals surface area contributed by atoms with E-state index >= 15 is 0 Å². The van der Waals surface area contributed by atoms with Gasteiger partial charge in [0.05, 0.1) is 6.10 Å². The van der Waals surface area contributed by atoms with Crippen LogP contribution in [-0.2, 0) is 16.6 Å². The van der Waals surface area contributed by atoms with E-state index in [1.807, 2.05) is 20.8 Å². The molecule has 0 spiro atoms. The molecule has 0 fully saturated rings. The number of rotatable bonds is 4. The number of hydrogen-bond acceptors (Lipinski definition) is 3. The predicted molar refractivity (Wildman–Crippen MR) is 111 cm³/mol. The van der Waals surface area contributed by atoms with Gasteiger partial charge in [0.2, 0.25) is 0 Å². The van der Waals surface area contributed by atoms with Gasteiger partial charge in [-0.15, -0.1) is 0 Å². The van der Waals surface area contributed by atoms with Crippen LogP contribution in [0.4, 0.5) is 0 Å². The van der Waals surface area contributed by atoms with Gasteiger partial charge in [-0.3, -0.25) is 4.79 Å². The molecule has 4 heteroatoms. The number of esters is 1. The van der Waals surface area contributed by atoms with Crippen LogP contribution in [0.2, 0.25) is 0 Å². The first-order valence-corrected chi connectivity index (χ1v) is 10.2. The van der Waals surface area contributed by atoms with Crippen molar-refractivity contribution < 1.29 is 14.3 Å². The van der Waals surface area contributed by atoms with Gasteiger partial charge in [-0.05, 0) is 54.7 Å². The highest BCUT2D eigenvalue weighted by Gasteiger charge is 2.32. The molecule has 2 aromatic rings. The highest BCUT2D eigenvalue weighted by Crippen LogP contribution is 2.36. The van der Waals surface area contributed by atoms with Crippen molar-refractivity contribution in [2.45, 2.75) is 78.2 Å². The number of Topliss-reactive ketones (excluding diaryl/α,β-unsaturated/α-hetero) is 1. The molecule has 1 aliphatic rings. The monoisotopic (exact) mass is 381 g/mol. The highest BCUT2D eigenvalue weighted by atomic mass is 16.5. The minimum absolute atomic E-state index is 0.0995. The summed E-state index contributed by atoms with van der Waals surface area (Å²) in [4.78, 5) is 28.5. The second-order valence-corrected chi connectivity index (χ2v) is 9.00. The summed E-state index contributed by atoms with van der Waals surface area (Å²) in [5.74, 6) is -0.145. The summed E-state index contributed by atoms with van der Waals surface area (Å²) < 4.78 is 5.45. The lowest BCUT2D eigenvalue weighted by Gasteiger charge is -2.24. The first-order chi connectivity index (χ1) is 13.1. The van der Waals surface area contributed by atoms with Crippen molar-refractivity contribution in [1.29, 1.82) is 0 Å². The summed E-state index contributed by atoms with van der Waals surface area (Å²) in [6.07, 6.45) is 1.82. The van der Waals surface area contributed by atoms with Gasteiger partial charge in [0.25, 0.3) is 0 Å². The number of benzene rings is 1. The molecule has 0 saturated heterocycles. The van der Waals surface area contributed by atoms with Crippen molar-refractivity contribution >= 4 is 11.8 Å². The third-order valence-corrected chi connectivity index (χ3v) is 5.82. The Hall–Kier alpha value is -2.36. The van der Waals surface area contributed by atoms with Gasteiger partial charge in [-0.2, -0.15) is 0 Å². The largest absolute Gasteiger partial charge is 0.458 e. The summed E-state index contributed by atoms with van der Waals surface area (Å²) in [5.41, 5.74) is 5.23. The molecule has 1 aromatic heterocycles. The summed E-state index contributed by atoms with van der Waals surface area (Å²) in [5, 5.41) is 0. The van der Waals surface area contributed by atoms with Crippen LogP contribution in [0.25, 0.3) is 0 Å². The Morgan fingerprint density at radius 2 is 1.86 bits per heavy atom. The minimum atomic E-state index is -0.375. The van der Waals surface area contributed by atoms with E-state index < -0.39 is 0 Å². The smallest absolute Gasteiger partial charge is 0.355 e. The molecule has 1 heterocycles. The van der Waals surface area contributed by atoms with Crippen molar-refractivity contribution in [3.8, 4) is 0 Å². The molecular formula is C24H31NO3. The highest BCUT2D eigenvalue weighted by molar-refractivity contribution is 6.03. The van der Waals surface area contributed by atoms with Crippen molar-refractivity contribution in [3.63, 3.8) is 0 Å². The lowest BCUT2D eigenvalue weighted by Crippen LogP contribution is -2.19. The average Bonchev–Trinajstić information content (AvgIpc) is 2.98. The number of ether oxygens (including phenoxy) is 1. The van der Waals surface area contributed by atoms with E-state index in [-0.39, 0.29) is 29.2 Å². The number of nitrogens with one attached hydrogen (secondary N) is 1. The van der Waals surface area contributed by atoms with Crippen LogP contribution in [0, 0.1) is 6.92 Å². The van der Waals surface area contributed by atoms with E-state index in [1.165, 1.54) is 11.1 Å². The van der Waals surface area contributed by atoms with E-state index in [0.29, 0.717) is 17.7 Å². The molecule has 2 atom stereocenters. The SMILES string of the molecule is CC[C@H](C)OC(=O)c1[nH]c2c(c1C)C(=O)C[C@H](c1ccc(C(C)(C)C)cc1)C2. The van der Waals surface area contributed by atoms with Gasteiger partial charge in [0, 0.05) is 17.7 Å². The summed E-state index contributed by atoms with van der Waals surface area (Å²) >= 11 is 0. The topological polar surface area (TPSA) is 59.2 Å². The zero-order valence-corrected chi connectivity index (χ0v) is 17.8. The van der Waals surface area contributed by atoms with E-state index in [9.17, 15) is 9.59 Å². The van der Waals surface area contributed by atoms with Gasteiger partial charge in [-0.1, -0.05) is 52.0 Å². The van der Waals surface area contributed by atoms with Crippen LogP contribution in [-0.4, -0.2) is 22.8 Å². The number of carbonyl (C=O) groups is 2. The Balaban J connectivity index is 1.86. The maximum Gasteiger partial charge on any atom is 0.355 e. The average molecular weight is 382 g/mol. The molecule has 0 aliphatic heterocycles. The second kappa shape index (κ2) is 7.57. The second-order valence-electron chi connectivity index (χ2n) is 9.00. The zero-order chi connectivity index (χ0) is 20.6. The molecule has 4 nitrogen and oxygen atoms in total. The number of fused-ring (bicyclic) bond motifs is 1. The number of hydrogen-bond donors (Lipinski definition) is 1. The molecule has 0 bridgehead atoms. The van der Waals surface area contributed by atoms with E-state index in [0.717, 1.165) is 24.1 Å². The van der Waals surface area contributed by atoms with E-state index in [1.54, 1.807) is 0 Å². The molecule has 3 rings (SSSR count). The van der Waals surface area contributed by atoms with Crippen LogP contribution in [0.5, 0.6) is 0 Å². The molecule has 1 aromatic carbocycles. The van der Waals surface area contributed by atoms with Crippen molar-refractivity contribution in [1.82, 2.24) is 4.98 Å². The van der Waals surface area contributed by atoms with Crippen LogP contribution in [0.15, 0.2) is 24.3 Å². The van der Waals surface area contributed by atoms with Gasteiger partial charge in [0.15, 0.2) is 5.78 Å². The molecule has 150 valence electrons. The van der Waals surface area contributed by atoms with Crippen molar-refractivity contribution in [3.05, 3.63) is 57.9 Å². The summed E-state index contributed by atoms with van der Waals surface area (Å²) in [6, 6.07) is 8.59. The zero-order valence-electron chi connectivity index (χ0n) is 17.8. The summed E-state index contributed by atoms with van der Waals surface area (Å²) in [6.45, 7) is 12.3. The molecule has 0 amide bonds. The fraction of sp³-hybridized carbons (Fsp3) is 0.500. The number of aromatic nitrogens is 1. The van der Waals surface area contributed by atoms with Crippen LogP contribution in [0.3, 0.4) is 0 Å². The Labute approximate surface area is 167 Å². The number of H-pyrrole nitrogens is 1. The van der Waals surface area contributed by atoms with Crippen LogP contribution >= 0.6 is 0 Å². The van der Waals surface area contributed by atoms with E-state index in [2.05, 4.69) is 50.0 Å². The number of ketones is 1. The van der Waals surface area contributed by atoms with Gasteiger partial charge >= 0.3 is 5.97 Å². The van der Waals surface area contributed by atoms with Gasteiger partial charge < -0.3 is 9.72 Å². The fourth-order valence-electron chi connectivity index (χ4n) is 3.85. The van der Waals surface area contributed by atoms with Crippen molar-refractivity contribution in [2.75, 3.05) is 0 Å².